The molecule has 2 aromatic rings. The summed E-state index contributed by atoms with van der Waals surface area (Å²) >= 11 is 0. The fourth-order valence-electron chi connectivity index (χ4n) is 1.72. The maximum Gasteiger partial charge on any atom is 0.240 e. The lowest BCUT2D eigenvalue weighted by Crippen LogP contribution is -2.11. The van der Waals surface area contributed by atoms with Gasteiger partial charge in [0.1, 0.15) is 4.90 Å². The van der Waals surface area contributed by atoms with E-state index >= 15 is 0 Å². The number of hydrogen-bond acceptors (Lipinski definition) is 2. The van der Waals surface area contributed by atoms with Crippen LogP contribution in [0.2, 0.25) is 0 Å². The molecular formula is C10H12N2O2S. The standard InChI is InChI=1S/C10H12N2O2S/c1-2-7-4-3-5-8-9(15(11,13)14)6-12-10(7)8/h3-6,12H,2H2,1H3,(H2,11,13,14). The van der Waals surface area contributed by atoms with E-state index in [2.05, 4.69) is 4.98 Å². The molecule has 5 heteroatoms. The van der Waals surface area contributed by atoms with Crippen molar-refractivity contribution in [1.29, 1.82) is 0 Å². The monoisotopic (exact) mass is 224 g/mol. The lowest BCUT2D eigenvalue weighted by molar-refractivity contribution is 0.598. The van der Waals surface area contributed by atoms with Crippen LogP contribution in [-0.2, 0) is 16.4 Å². The number of aromatic nitrogens is 1. The molecule has 0 aliphatic carbocycles. The van der Waals surface area contributed by atoms with Gasteiger partial charge in [0.05, 0.1) is 0 Å². The second-order valence-corrected chi connectivity index (χ2v) is 4.92. The minimum Gasteiger partial charge on any atom is -0.360 e. The van der Waals surface area contributed by atoms with E-state index in [4.69, 9.17) is 5.14 Å². The summed E-state index contributed by atoms with van der Waals surface area (Å²) in [5.74, 6) is 0. The minimum absolute atomic E-state index is 0.160. The van der Waals surface area contributed by atoms with Crippen molar-refractivity contribution in [2.45, 2.75) is 18.2 Å². The molecule has 0 bridgehead atoms. The van der Waals surface area contributed by atoms with Crippen LogP contribution in [-0.4, -0.2) is 13.4 Å². The molecule has 3 N–H and O–H groups in total. The van der Waals surface area contributed by atoms with E-state index in [9.17, 15) is 8.42 Å². The van der Waals surface area contributed by atoms with E-state index in [0.717, 1.165) is 17.5 Å². The second-order valence-electron chi connectivity index (χ2n) is 3.39. The Hall–Kier alpha value is -1.33. The normalized spacial score (nSPS) is 12.1. The summed E-state index contributed by atoms with van der Waals surface area (Å²) in [5.41, 5.74) is 1.94. The molecule has 0 radical (unpaired) electrons. The molecule has 0 aliphatic rings. The van der Waals surface area contributed by atoms with Gasteiger partial charge in [-0.05, 0) is 12.0 Å². The topological polar surface area (TPSA) is 76.0 Å². The van der Waals surface area contributed by atoms with Crippen LogP contribution < -0.4 is 5.14 Å². The number of primary sulfonamides is 1. The molecule has 15 heavy (non-hydrogen) atoms. The molecule has 80 valence electrons. The van der Waals surface area contributed by atoms with Gasteiger partial charge in [0.25, 0.3) is 0 Å². The van der Waals surface area contributed by atoms with E-state index in [0.29, 0.717) is 5.39 Å². The lowest BCUT2D eigenvalue weighted by Gasteiger charge is -1.99. The number of sulfonamides is 1. The number of para-hydroxylation sites is 1. The number of fused-ring (bicyclic) bond motifs is 1. The summed E-state index contributed by atoms with van der Waals surface area (Å²) in [4.78, 5) is 3.12. The SMILES string of the molecule is CCc1cccc2c(S(N)(=O)=O)c[nH]c12. The number of H-pyrrole nitrogens is 1. The van der Waals surface area contributed by atoms with Crippen LogP contribution >= 0.6 is 0 Å². The van der Waals surface area contributed by atoms with Gasteiger partial charge in [-0.25, -0.2) is 13.6 Å². The molecule has 4 nitrogen and oxygen atoms in total. The molecule has 0 fully saturated rings. The highest BCUT2D eigenvalue weighted by Crippen LogP contribution is 2.24. The van der Waals surface area contributed by atoms with Crippen molar-refractivity contribution in [2.24, 2.45) is 5.14 Å². The molecule has 0 saturated heterocycles. The zero-order valence-corrected chi connectivity index (χ0v) is 9.14. The van der Waals surface area contributed by atoms with E-state index in [1.54, 1.807) is 6.07 Å². The van der Waals surface area contributed by atoms with Crippen LogP contribution in [0, 0.1) is 0 Å². The van der Waals surface area contributed by atoms with E-state index < -0.39 is 10.0 Å². The Balaban J connectivity index is 2.83. The van der Waals surface area contributed by atoms with Crippen LogP contribution in [0.3, 0.4) is 0 Å². The Morgan fingerprint density at radius 2 is 2.13 bits per heavy atom. The van der Waals surface area contributed by atoms with Crippen LogP contribution in [0.15, 0.2) is 29.3 Å². The first-order valence-corrected chi connectivity index (χ1v) is 6.20. The van der Waals surface area contributed by atoms with Crippen molar-refractivity contribution in [2.75, 3.05) is 0 Å². The molecule has 0 atom stereocenters. The molecular weight excluding hydrogens is 212 g/mol. The maximum atomic E-state index is 11.3. The minimum atomic E-state index is -3.64. The predicted octanol–water partition coefficient (Wildman–Crippen LogP) is 1.38. The maximum absolute atomic E-state index is 11.3. The number of nitrogens with one attached hydrogen (secondary N) is 1. The fourth-order valence-corrected chi connectivity index (χ4v) is 2.42. The molecule has 1 aromatic carbocycles. The first-order valence-electron chi connectivity index (χ1n) is 4.66. The summed E-state index contributed by atoms with van der Waals surface area (Å²) in [6.45, 7) is 2.02. The number of benzene rings is 1. The number of hydrogen-bond donors (Lipinski definition) is 2. The van der Waals surface area contributed by atoms with Crippen molar-refractivity contribution < 1.29 is 8.42 Å². The van der Waals surface area contributed by atoms with Gasteiger partial charge in [0.2, 0.25) is 10.0 Å². The van der Waals surface area contributed by atoms with Crippen LogP contribution in [0.25, 0.3) is 10.9 Å². The van der Waals surface area contributed by atoms with Crippen molar-refractivity contribution >= 4 is 20.9 Å². The van der Waals surface area contributed by atoms with Crippen LogP contribution in [0.1, 0.15) is 12.5 Å². The fraction of sp³-hybridized carbons (Fsp3) is 0.200. The number of nitrogens with two attached hydrogens (primary N) is 1. The van der Waals surface area contributed by atoms with Crippen molar-refractivity contribution in [3.8, 4) is 0 Å². The molecule has 0 saturated carbocycles. The molecule has 2 rings (SSSR count). The summed E-state index contributed by atoms with van der Waals surface area (Å²) in [6.07, 6.45) is 2.29. The van der Waals surface area contributed by atoms with Crippen LogP contribution in [0.4, 0.5) is 0 Å². The molecule has 0 unspecified atom stereocenters. The molecule has 1 heterocycles. The molecule has 0 amide bonds. The first kappa shape index (κ1) is 10.2. The van der Waals surface area contributed by atoms with E-state index in [1.807, 2.05) is 19.1 Å². The molecule has 1 aromatic heterocycles. The van der Waals surface area contributed by atoms with E-state index in [1.165, 1.54) is 6.20 Å². The Morgan fingerprint density at radius 1 is 1.40 bits per heavy atom. The third kappa shape index (κ3) is 1.64. The Kier molecular flexibility index (Phi) is 2.28. The van der Waals surface area contributed by atoms with Gasteiger partial charge in [0.15, 0.2) is 0 Å². The smallest absolute Gasteiger partial charge is 0.240 e. The third-order valence-corrected chi connectivity index (χ3v) is 3.40. The van der Waals surface area contributed by atoms with Gasteiger partial charge in [-0.15, -0.1) is 0 Å². The van der Waals surface area contributed by atoms with Gasteiger partial charge in [-0.2, -0.15) is 0 Å². The largest absolute Gasteiger partial charge is 0.360 e. The highest BCUT2D eigenvalue weighted by molar-refractivity contribution is 7.89. The van der Waals surface area contributed by atoms with Crippen molar-refractivity contribution in [3.63, 3.8) is 0 Å². The Morgan fingerprint density at radius 3 is 2.73 bits per heavy atom. The molecule has 0 aliphatic heterocycles. The summed E-state index contributed by atoms with van der Waals surface area (Å²) in [6, 6.07) is 5.56. The Labute approximate surface area is 88.2 Å². The predicted molar refractivity (Wildman–Crippen MR) is 59.0 cm³/mol. The third-order valence-electron chi connectivity index (χ3n) is 2.45. The van der Waals surface area contributed by atoms with Crippen molar-refractivity contribution in [1.82, 2.24) is 4.98 Å². The quantitative estimate of drug-likeness (QED) is 0.808. The highest BCUT2D eigenvalue weighted by Gasteiger charge is 2.14. The van der Waals surface area contributed by atoms with Gasteiger partial charge in [-0.1, -0.05) is 25.1 Å². The van der Waals surface area contributed by atoms with E-state index in [-0.39, 0.29) is 4.90 Å². The average Bonchev–Trinajstić information content (AvgIpc) is 2.59. The van der Waals surface area contributed by atoms with Gasteiger partial charge in [-0.3, -0.25) is 0 Å². The molecule has 0 spiro atoms. The van der Waals surface area contributed by atoms with Gasteiger partial charge in [0, 0.05) is 17.1 Å². The first-order chi connectivity index (χ1) is 7.04. The highest BCUT2D eigenvalue weighted by atomic mass is 32.2. The number of aryl methyl sites for hydroxylation is 1. The number of aromatic amines is 1. The zero-order valence-electron chi connectivity index (χ0n) is 8.32. The summed E-state index contributed by atoms with van der Waals surface area (Å²) < 4.78 is 22.5. The Bertz CT molecular complexity index is 599. The number of rotatable bonds is 2. The van der Waals surface area contributed by atoms with Crippen LogP contribution in [0.5, 0.6) is 0 Å². The summed E-state index contributed by atoms with van der Waals surface area (Å²) in [5, 5.41) is 5.77. The van der Waals surface area contributed by atoms with Gasteiger partial charge >= 0.3 is 0 Å². The summed E-state index contributed by atoms with van der Waals surface area (Å²) in [7, 11) is -3.64. The van der Waals surface area contributed by atoms with Gasteiger partial charge < -0.3 is 4.98 Å². The van der Waals surface area contributed by atoms with Crippen molar-refractivity contribution in [3.05, 3.63) is 30.0 Å². The second kappa shape index (κ2) is 3.36. The lowest BCUT2D eigenvalue weighted by atomic mass is 10.1. The average molecular weight is 224 g/mol. The zero-order chi connectivity index (χ0) is 11.1.